The van der Waals surface area contributed by atoms with Crippen molar-refractivity contribution < 1.29 is 9.21 Å². The molecule has 0 atom stereocenters. The Morgan fingerprint density at radius 2 is 1.89 bits per heavy atom. The quantitative estimate of drug-likeness (QED) is 0.747. The number of piperazine rings is 1. The van der Waals surface area contributed by atoms with E-state index in [4.69, 9.17) is 4.42 Å². The Morgan fingerprint density at radius 1 is 1.07 bits per heavy atom. The van der Waals surface area contributed by atoms with Crippen LogP contribution < -0.4 is 10.2 Å². The molecule has 3 aromatic rings. The summed E-state index contributed by atoms with van der Waals surface area (Å²) in [5.74, 6) is 3.28. The summed E-state index contributed by atoms with van der Waals surface area (Å²) in [5, 5.41) is 3.24. The molecule has 1 aliphatic heterocycles. The zero-order valence-electron chi connectivity index (χ0n) is 15.9. The third kappa shape index (κ3) is 3.95. The van der Waals surface area contributed by atoms with E-state index in [0.717, 1.165) is 17.2 Å². The molecule has 0 spiro atoms. The van der Waals surface area contributed by atoms with Crippen LogP contribution in [0.2, 0.25) is 0 Å². The molecule has 8 heteroatoms. The van der Waals surface area contributed by atoms with Gasteiger partial charge in [-0.05, 0) is 43.7 Å². The van der Waals surface area contributed by atoms with Gasteiger partial charge in [0.1, 0.15) is 23.3 Å². The molecule has 1 fully saturated rings. The second-order valence-corrected chi connectivity index (χ2v) is 6.76. The van der Waals surface area contributed by atoms with Crippen LogP contribution in [0.1, 0.15) is 21.9 Å². The molecule has 1 N–H and O–H groups in total. The highest BCUT2D eigenvalue weighted by Crippen LogP contribution is 2.21. The highest BCUT2D eigenvalue weighted by molar-refractivity contribution is 5.91. The third-order valence-electron chi connectivity index (χ3n) is 4.62. The van der Waals surface area contributed by atoms with Crippen molar-refractivity contribution in [2.24, 2.45) is 0 Å². The molecule has 28 heavy (non-hydrogen) atoms. The van der Waals surface area contributed by atoms with Crippen molar-refractivity contribution in [3.8, 4) is 0 Å². The predicted molar refractivity (Wildman–Crippen MR) is 106 cm³/mol. The lowest BCUT2D eigenvalue weighted by Crippen LogP contribution is -2.49. The lowest BCUT2D eigenvalue weighted by Gasteiger charge is -2.35. The van der Waals surface area contributed by atoms with Gasteiger partial charge >= 0.3 is 0 Å². The number of carbonyl (C=O) groups is 1. The summed E-state index contributed by atoms with van der Waals surface area (Å²) in [6.45, 7) is 6.52. The Morgan fingerprint density at radius 3 is 2.61 bits per heavy atom. The van der Waals surface area contributed by atoms with E-state index in [2.05, 4.69) is 25.2 Å². The van der Waals surface area contributed by atoms with E-state index in [0.29, 0.717) is 43.6 Å². The smallest absolute Gasteiger partial charge is 0.289 e. The number of hydrogen-bond donors (Lipinski definition) is 1. The minimum atomic E-state index is -0.0728. The first-order valence-electron chi connectivity index (χ1n) is 9.21. The van der Waals surface area contributed by atoms with E-state index in [1.165, 1.54) is 6.26 Å². The van der Waals surface area contributed by atoms with Crippen LogP contribution in [-0.2, 0) is 0 Å². The fraction of sp³-hybridized carbons (Fsp3) is 0.300. The summed E-state index contributed by atoms with van der Waals surface area (Å²) >= 11 is 0. The van der Waals surface area contributed by atoms with Crippen LogP contribution in [0.4, 0.5) is 17.5 Å². The topological polar surface area (TPSA) is 87.4 Å². The number of anilines is 3. The number of amides is 1. The molecular weight excluding hydrogens is 356 g/mol. The number of pyridine rings is 1. The Bertz CT molecular complexity index is 965. The first-order valence-corrected chi connectivity index (χ1v) is 9.21. The fourth-order valence-corrected chi connectivity index (χ4v) is 3.21. The van der Waals surface area contributed by atoms with Gasteiger partial charge < -0.3 is 19.5 Å². The minimum absolute atomic E-state index is 0.0728. The molecule has 0 unspecified atom stereocenters. The molecule has 1 amide bonds. The second kappa shape index (κ2) is 7.67. The van der Waals surface area contributed by atoms with Crippen molar-refractivity contribution >= 4 is 23.4 Å². The van der Waals surface area contributed by atoms with E-state index in [1.54, 1.807) is 23.2 Å². The van der Waals surface area contributed by atoms with Gasteiger partial charge in [-0.3, -0.25) is 4.79 Å². The van der Waals surface area contributed by atoms with Crippen LogP contribution in [0.15, 0.2) is 47.2 Å². The number of hydrogen-bond acceptors (Lipinski definition) is 7. The second-order valence-electron chi connectivity index (χ2n) is 6.76. The first-order chi connectivity index (χ1) is 13.6. The molecule has 0 bridgehead atoms. The molecule has 1 aliphatic rings. The average molecular weight is 378 g/mol. The Labute approximate surface area is 163 Å². The summed E-state index contributed by atoms with van der Waals surface area (Å²) in [6.07, 6.45) is 3.28. The van der Waals surface area contributed by atoms with Gasteiger partial charge in [-0.1, -0.05) is 0 Å². The maximum Gasteiger partial charge on any atom is 0.289 e. The van der Waals surface area contributed by atoms with Crippen LogP contribution in [0.25, 0.3) is 0 Å². The van der Waals surface area contributed by atoms with Gasteiger partial charge in [0.15, 0.2) is 5.76 Å². The van der Waals surface area contributed by atoms with E-state index in [1.807, 2.05) is 32.0 Å². The fourth-order valence-electron chi connectivity index (χ4n) is 3.21. The number of carbonyl (C=O) groups excluding carboxylic acids is 1. The van der Waals surface area contributed by atoms with Crippen LogP contribution in [-0.4, -0.2) is 51.9 Å². The van der Waals surface area contributed by atoms with Crippen molar-refractivity contribution in [3.05, 3.63) is 59.9 Å². The number of rotatable bonds is 4. The Balaban J connectivity index is 1.45. The average Bonchev–Trinajstić information content (AvgIpc) is 3.22. The van der Waals surface area contributed by atoms with Crippen LogP contribution >= 0.6 is 0 Å². The van der Waals surface area contributed by atoms with Gasteiger partial charge in [0.05, 0.1) is 6.26 Å². The van der Waals surface area contributed by atoms with Gasteiger partial charge in [-0.25, -0.2) is 15.0 Å². The first kappa shape index (κ1) is 18.0. The molecule has 144 valence electrons. The zero-order chi connectivity index (χ0) is 19.5. The molecular formula is C20H22N6O2. The molecule has 0 aromatic carbocycles. The maximum atomic E-state index is 12.4. The summed E-state index contributed by atoms with van der Waals surface area (Å²) in [5.41, 5.74) is 1.13. The zero-order valence-corrected chi connectivity index (χ0v) is 15.9. The number of furan rings is 1. The van der Waals surface area contributed by atoms with Gasteiger partial charge in [-0.2, -0.15) is 0 Å². The highest BCUT2D eigenvalue weighted by atomic mass is 16.3. The monoisotopic (exact) mass is 378 g/mol. The van der Waals surface area contributed by atoms with Gasteiger partial charge in [0.25, 0.3) is 5.91 Å². The van der Waals surface area contributed by atoms with E-state index in [-0.39, 0.29) is 5.91 Å². The molecule has 8 nitrogen and oxygen atoms in total. The number of aryl methyl sites for hydroxylation is 2. The standard InChI is InChI=1S/C20H22N6O2/c1-14-5-6-21-17(12-14)24-18-13-19(23-15(2)22-18)25-7-9-26(10-8-25)20(27)16-4-3-11-28-16/h3-6,11-13H,7-10H2,1-2H3,(H,21,22,23,24). The van der Waals surface area contributed by atoms with Gasteiger partial charge in [0.2, 0.25) is 0 Å². The summed E-state index contributed by atoms with van der Waals surface area (Å²) < 4.78 is 5.22. The largest absolute Gasteiger partial charge is 0.459 e. The number of nitrogens with one attached hydrogen (secondary N) is 1. The summed E-state index contributed by atoms with van der Waals surface area (Å²) in [6, 6.07) is 9.26. The van der Waals surface area contributed by atoms with E-state index in [9.17, 15) is 4.79 Å². The minimum Gasteiger partial charge on any atom is -0.459 e. The maximum absolute atomic E-state index is 12.4. The SMILES string of the molecule is Cc1ccnc(Nc2cc(N3CCN(C(=O)c4ccco4)CC3)nc(C)n2)c1. The highest BCUT2D eigenvalue weighted by Gasteiger charge is 2.24. The molecule has 0 aliphatic carbocycles. The molecule has 0 saturated carbocycles. The van der Waals surface area contributed by atoms with Crippen molar-refractivity contribution in [2.75, 3.05) is 36.4 Å². The van der Waals surface area contributed by atoms with E-state index >= 15 is 0 Å². The van der Waals surface area contributed by atoms with E-state index < -0.39 is 0 Å². The Kier molecular flexibility index (Phi) is 4.92. The van der Waals surface area contributed by atoms with Crippen LogP contribution in [0.5, 0.6) is 0 Å². The third-order valence-corrected chi connectivity index (χ3v) is 4.62. The molecule has 0 radical (unpaired) electrons. The lowest BCUT2D eigenvalue weighted by molar-refractivity contribution is 0.0714. The van der Waals surface area contributed by atoms with Gasteiger partial charge in [0, 0.05) is 38.4 Å². The van der Waals surface area contributed by atoms with Crippen molar-refractivity contribution in [2.45, 2.75) is 13.8 Å². The number of nitrogens with zero attached hydrogens (tertiary/aromatic N) is 5. The molecule has 1 saturated heterocycles. The molecule has 3 aromatic heterocycles. The normalized spacial score (nSPS) is 14.2. The predicted octanol–water partition coefficient (Wildman–Crippen LogP) is 2.79. The number of aromatic nitrogens is 3. The van der Waals surface area contributed by atoms with Gasteiger partial charge in [-0.15, -0.1) is 0 Å². The van der Waals surface area contributed by atoms with Crippen LogP contribution in [0, 0.1) is 13.8 Å². The summed E-state index contributed by atoms with van der Waals surface area (Å²) in [7, 11) is 0. The Hall–Kier alpha value is -3.42. The molecule has 4 heterocycles. The summed E-state index contributed by atoms with van der Waals surface area (Å²) in [4.78, 5) is 29.7. The molecule has 4 rings (SSSR count). The van der Waals surface area contributed by atoms with Crippen molar-refractivity contribution in [3.63, 3.8) is 0 Å². The van der Waals surface area contributed by atoms with Crippen molar-refractivity contribution in [1.29, 1.82) is 0 Å². The lowest BCUT2D eigenvalue weighted by atomic mass is 10.2. The van der Waals surface area contributed by atoms with Crippen LogP contribution in [0.3, 0.4) is 0 Å². The van der Waals surface area contributed by atoms with Crippen molar-refractivity contribution in [1.82, 2.24) is 19.9 Å².